The summed E-state index contributed by atoms with van der Waals surface area (Å²) in [6, 6.07) is 0.138. The van der Waals surface area contributed by atoms with Crippen molar-refractivity contribution in [1.29, 1.82) is 0 Å². The molecule has 1 aromatic carbocycles. The van der Waals surface area contributed by atoms with Crippen molar-refractivity contribution in [3.05, 3.63) is 23.3 Å². The van der Waals surface area contributed by atoms with Gasteiger partial charge in [0.2, 0.25) is 0 Å². The first-order valence-corrected chi connectivity index (χ1v) is 6.47. The van der Waals surface area contributed by atoms with Crippen molar-refractivity contribution in [2.24, 2.45) is 0 Å². The van der Waals surface area contributed by atoms with E-state index in [-0.39, 0.29) is 0 Å². The van der Waals surface area contributed by atoms with E-state index in [9.17, 15) is 27.9 Å². The second kappa shape index (κ2) is 6.35. The minimum Gasteiger partial charge on any atom is -0.504 e. The molecule has 0 spiro atoms. The van der Waals surface area contributed by atoms with E-state index in [2.05, 4.69) is 10.1 Å². The first-order valence-electron chi connectivity index (χ1n) is 6.47. The fraction of sp³-hybridized carbons (Fsp3) is 0.429. The van der Waals surface area contributed by atoms with Gasteiger partial charge < -0.3 is 15.2 Å². The van der Waals surface area contributed by atoms with Crippen LogP contribution in [0.1, 0.15) is 36.7 Å². The molecule has 0 unspecified atom stereocenters. The average molecular weight is 334 g/mol. The normalized spacial score (nSPS) is 11.8. The predicted molar refractivity (Wildman–Crippen MR) is 75.4 cm³/mol. The zero-order valence-electron chi connectivity index (χ0n) is 13.0. The third-order valence-electron chi connectivity index (χ3n) is 2.58. The minimum atomic E-state index is -4.87. The van der Waals surface area contributed by atoms with Gasteiger partial charge in [0.05, 0.1) is 18.2 Å². The number of halogens is 3. The Bertz CT molecular complexity index is 622. The maximum absolute atomic E-state index is 13.0. The van der Waals surface area contributed by atoms with Gasteiger partial charge >= 0.3 is 12.2 Å². The van der Waals surface area contributed by atoms with E-state index in [0.29, 0.717) is 12.1 Å². The van der Waals surface area contributed by atoms with E-state index in [1.807, 2.05) is 0 Å². The van der Waals surface area contributed by atoms with E-state index in [1.165, 1.54) is 0 Å². The SMILES string of the molecule is COc1cc(C(F)(F)F)c(C(=O)NC(=O)NC(C)(C)C)cc1O. The molecule has 0 aliphatic heterocycles. The molecule has 0 heterocycles. The van der Waals surface area contributed by atoms with Crippen molar-refractivity contribution in [2.45, 2.75) is 32.5 Å². The lowest BCUT2D eigenvalue weighted by Gasteiger charge is -2.21. The van der Waals surface area contributed by atoms with Gasteiger partial charge in [-0.15, -0.1) is 0 Å². The van der Waals surface area contributed by atoms with Gasteiger partial charge in [-0.1, -0.05) is 0 Å². The summed E-state index contributed by atoms with van der Waals surface area (Å²) in [6.45, 7) is 4.91. The van der Waals surface area contributed by atoms with Crippen molar-refractivity contribution in [1.82, 2.24) is 10.6 Å². The van der Waals surface area contributed by atoms with E-state index in [1.54, 1.807) is 26.1 Å². The van der Waals surface area contributed by atoms with Crippen molar-refractivity contribution >= 4 is 11.9 Å². The van der Waals surface area contributed by atoms with Crippen LogP contribution in [0.25, 0.3) is 0 Å². The summed E-state index contributed by atoms with van der Waals surface area (Å²) < 4.78 is 43.7. The molecule has 0 saturated carbocycles. The minimum absolute atomic E-state index is 0.437. The first kappa shape index (κ1) is 18.6. The fourth-order valence-electron chi connectivity index (χ4n) is 1.70. The number of benzene rings is 1. The molecule has 3 amide bonds. The fourth-order valence-corrected chi connectivity index (χ4v) is 1.70. The molecular weight excluding hydrogens is 317 g/mol. The van der Waals surface area contributed by atoms with Gasteiger partial charge in [-0.2, -0.15) is 13.2 Å². The molecule has 0 fully saturated rings. The number of nitrogens with one attached hydrogen (secondary N) is 2. The second-order valence-electron chi connectivity index (χ2n) is 5.73. The molecule has 0 atom stereocenters. The van der Waals surface area contributed by atoms with Gasteiger partial charge in [0.1, 0.15) is 0 Å². The maximum atomic E-state index is 13.0. The summed E-state index contributed by atoms with van der Waals surface area (Å²) in [5, 5.41) is 13.7. The van der Waals surface area contributed by atoms with Gasteiger partial charge in [0, 0.05) is 5.54 Å². The molecule has 0 bridgehead atoms. The Balaban J connectivity index is 3.18. The van der Waals surface area contributed by atoms with Gasteiger partial charge in [-0.05, 0) is 32.9 Å². The molecule has 0 aliphatic carbocycles. The highest BCUT2D eigenvalue weighted by Crippen LogP contribution is 2.38. The largest absolute Gasteiger partial charge is 0.504 e. The number of rotatable bonds is 2. The molecule has 128 valence electrons. The van der Waals surface area contributed by atoms with Gasteiger partial charge in [-0.25, -0.2) is 4.79 Å². The zero-order chi connectivity index (χ0) is 18.0. The number of phenolic OH excluding ortho intramolecular Hbond substituents is 1. The van der Waals surface area contributed by atoms with Crippen molar-refractivity contribution in [3.8, 4) is 11.5 Å². The summed E-state index contributed by atoms with van der Waals surface area (Å²) in [5.41, 5.74) is -2.90. The van der Waals surface area contributed by atoms with E-state index in [0.717, 1.165) is 7.11 Å². The Kier molecular flexibility index (Phi) is 5.13. The zero-order valence-corrected chi connectivity index (χ0v) is 13.0. The molecule has 3 N–H and O–H groups in total. The number of methoxy groups -OCH3 is 1. The van der Waals surface area contributed by atoms with Gasteiger partial charge in [0.15, 0.2) is 11.5 Å². The smallest absolute Gasteiger partial charge is 0.417 e. The van der Waals surface area contributed by atoms with Crippen LogP contribution in [0.4, 0.5) is 18.0 Å². The van der Waals surface area contributed by atoms with Crippen molar-refractivity contribution < 1.29 is 32.6 Å². The Morgan fingerprint density at radius 2 is 1.74 bits per heavy atom. The van der Waals surface area contributed by atoms with E-state index >= 15 is 0 Å². The van der Waals surface area contributed by atoms with Crippen LogP contribution in [0, 0.1) is 0 Å². The third kappa shape index (κ3) is 5.04. The van der Waals surface area contributed by atoms with Gasteiger partial charge in [-0.3, -0.25) is 10.1 Å². The summed E-state index contributed by atoms with van der Waals surface area (Å²) >= 11 is 0. The maximum Gasteiger partial charge on any atom is 0.417 e. The van der Waals surface area contributed by atoms with Crippen LogP contribution >= 0.6 is 0 Å². The highest BCUT2D eigenvalue weighted by Gasteiger charge is 2.37. The number of urea groups is 1. The predicted octanol–water partition coefficient (Wildman–Crippen LogP) is 2.66. The topological polar surface area (TPSA) is 87.7 Å². The lowest BCUT2D eigenvalue weighted by atomic mass is 10.0. The number of carbonyl (C=O) groups is 2. The number of hydrogen-bond acceptors (Lipinski definition) is 4. The quantitative estimate of drug-likeness (QED) is 0.776. The van der Waals surface area contributed by atoms with Crippen LogP contribution in [-0.2, 0) is 6.18 Å². The Hall–Kier alpha value is -2.45. The number of amides is 3. The number of phenols is 1. The number of hydrogen-bond donors (Lipinski definition) is 3. The summed E-state index contributed by atoms with van der Waals surface area (Å²) in [7, 11) is 1.08. The Labute approximate surface area is 130 Å². The molecular formula is C14H17F3N2O4. The molecule has 1 aromatic rings. The monoisotopic (exact) mass is 334 g/mol. The molecule has 0 aliphatic rings. The summed E-state index contributed by atoms with van der Waals surface area (Å²) in [4.78, 5) is 23.5. The van der Waals surface area contributed by atoms with Crippen molar-refractivity contribution in [2.75, 3.05) is 7.11 Å². The number of alkyl halides is 3. The molecule has 9 heteroatoms. The highest BCUT2D eigenvalue weighted by atomic mass is 19.4. The van der Waals surface area contributed by atoms with E-state index in [4.69, 9.17) is 0 Å². The number of ether oxygens (including phenoxy) is 1. The molecule has 0 aromatic heterocycles. The average Bonchev–Trinajstić information content (AvgIpc) is 2.34. The van der Waals surface area contributed by atoms with Crippen molar-refractivity contribution in [3.63, 3.8) is 0 Å². The lowest BCUT2D eigenvalue weighted by Crippen LogP contribution is -2.48. The Morgan fingerprint density at radius 1 is 1.17 bits per heavy atom. The molecule has 0 saturated heterocycles. The number of imide groups is 1. The molecule has 23 heavy (non-hydrogen) atoms. The van der Waals surface area contributed by atoms with Gasteiger partial charge in [0.25, 0.3) is 5.91 Å². The lowest BCUT2D eigenvalue weighted by molar-refractivity contribution is -0.138. The summed E-state index contributed by atoms with van der Waals surface area (Å²) in [5.74, 6) is -2.38. The van der Waals surface area contributed by atoms with Crippen LogP contribution < -0.4 is 15.4 Å². The van der Waals surface area contributed by atoms with Crippen LogP contribution in [0.15, 0.2) is 12.1 Å². The number of carbonyl (C=O) groups excluding carboxylic acids is 2. The van der Waals surface area contributed by atoms with Crippen LogP contribution in [-0.4, -0.2) is 29.7 Å². The Morgan fingerprint density at radius 3 is 2.17 bits per heavy atom. The second-order valence-corrected chi connectivity index (χ2v) is 5.73. The van der Waals surface area contributed by atoms with Crippen LogP contribution in [0.3, 0.4) is 0 Å². The highest BCUT2D eigenvalue weighted by molar-refractivity contribution is 6.05. The van der Waals surface area contributed by atoms with E-state index < -0.39 is 46.3 Å². The van der Waals surface area contributed by atoms with Crippen LogP contribution in [0.5, 0.6) is 11.5 Å². The van der Waals surface area contributed by atoms with Crippen LogP contribution in [0.2, 0.25) is 0 Å². The number of aromatic hydroxyl groups is 1. The third-order valence-corrected chi connectivity index (χ3v) is 2.58. The first-order chi connectivity index (χ1) is 10.3. The summed E-state index contributed by atoms with van der Waals surface area (Å²) in [6.07, 6.45) is -4.87. The standard InChI is InChI=1S/C14H17F3N2O4/c1-13(2,3)19-12(22)18-11(21)7-5-9(20)10(23-4)6-8(7)14(15,16)17/h5-6,20H,1-4H3,(H2,18,19,21,22). The molecule has 0 radical (unpaired) electrons. The molecule has 1 rings (SSSR count). The molecule has 6 nitrogen and oxygen atoms in total.